The van der Waals surface area contributed by atoms with Crippen molar-refractivity contribution in [3.63, 3.8) is 0 Å². The normalized spacial score (nSPS) is 31.6. The summed E-state index contributed by atoms with van der Waals surface area (Å²) in [6.07, 6.45) is 11.9. The summed E-state index contributed by atoms with van der Waals surface area (Å²) in [4.78, 5) is 0. The minimum Gasteiger partial charge on any atom is -0.396 e. The van der Waals surface area contributed by atoms with E-state index in [4.69, 9.17) is 0 Å². The maximum Gasteiger partial charge on any atom is 0.0499 e. The maximum atomic E-state index is 9.77. The number of hydrogen-bond acceptors (Lipinski definition) is 2. The molecule has 0 aromatic carbocycles. The van der Waals surface area contributed by atoms with E-state index >= 15 is 0 Å². The lowest BCUT2D eigenvalue weighted by atomic mass is 9.74. The Bertz CT molecular complexity index is 258. The molecule has 2 heteroatoms. The molecule has 2 nitrogen and oxygen atoms in total. The Labute approximate surface area is 119 Å². The van der Waals surface area contributed by atoms with Gasteiger partial charge < -0.3 is 10.4 Å². The summed E-state index contributed by atoms with van der Waals surface area (Å²) >= 11 is 0. The lowest BCUT2D eigenvalue weighted by Crippen LogP contribution is -2.45. The standard InChI is InChI=1S/C17H33NO/c1-14(2)15-7-6-8-16(11-15)18-12-17(13-19)9-4-3-5-10-17/h14-16,18-19H,3-13H2,1-2H3. The Balaban J connectivity index is 1.80. The summed E-state index contributed by atoms with van der Waals surface area (Å²) in [5, 5.41) is 13.6. The Morgan fingerprint density at radius 2 is 1.84 bits per heavy atom. The van der Waals surface area contributed by atoms with E-state index in [0.29, 0.717) is 12.6 Å². The third-order valence-corrected chi connectivity index (χ3v) is 5.67. The summed E-state index contributed by atoms with van der Waals surface area (Å²) in [5.74, 6) is 1.73. The van der Waals surface area contributed by atoms with Gasteiger partial charge >= 0.3 is 0 Å². The lowest BCUT2D eigenvalue weighted by Gasteiger charge is -2.39. The second-order valence-corrected chi connectivity index (χ2v) is 7.47. The monoisotopic (exact) mass is 267 g/mol. The van der Waals surface area contributed by atoms with Crippen LogP contribution in [0.1, 0.15) is 71.6 Å². The minimum atomic E-state index is 0.197. The van der Waals surface area contributed by atoms with Crippen LogP contribution in [-0.4, -0.2) is 24.3 Å². The van der Waals surface area contributed by atoms with Crippen molar-refractivity contribution in [2.75, 3.05) is 13.2 Å². The van der Waals surface area contributed by atoms with Crippen molar-refractivity contribution in [2.24, 2.45) is 17.3 Å². The Hall–Kier alpha value is -0.0800. The molecule has 112 valence electrons. The van der Waals surface area contributed by atoms with Gasteiger partial charge in [-0.2, -0.15) is 0 Å². The van der Waals surface area contributed by atoms with Gasteiger partial charge in [-0.05, 0) is 37.5 Å². The van der Waals surface area contributed by atoms with Gasteiger partial charge in [-0.3, -0.25) is 0 Å². The van der Waals surface area contributed by atoms with Crippen LogP contribution < -0.4 is 5.32 Å². The largest absolute Gasteiger partial charge is 0.396 e. The van der Waals surface area contributed by atoms with E-state index in [9.17, 15) is 5.11 Å². The quantitative estimate of drug-likeness (QED) is 0.795. The van der Waals surface area contributed by atoms with Crippen LogP contribution in [0, 0.1) is 17.3 Å². The van der Waals surface area contributed by atoms with E-state index in [0.717, 1.165) is 18.4 Å². The highest BCUT2D eigenvalue weighted by molar-refractivity contribution is 4.87. The summed E-state index contributed by atoms with van der Waals surface area (Å²) in [6.45, 7) is 6.14. The molecule has 2 unspecified atom stereocenters. The zero-order valence-corrected chi connectivity index (χ0v) is 13.0. The van der Waals surface area contributed by atoms with Crippen LogP contribution in [0.15, 0.2) is 0 Å². The number of aliphatic hydroxyl groups is 1. The van der Waals surface area contributed by atoms with Gasteiger partial charge in [0.1, 0.15) is 0 Å². The van der Waals surface area contributed by atoms with Crippen LogP contribution in [0.2, 0.25) is 0 Å². The third-order valence-electron chi connectivity index (χ3n) is 5.67. The van der Waals surface area contributed by atoms with E-state index in [-0.39, 0.29) is 5.41 Å². The van der Waals surface area contributed by atoms with Crippen LogP contribution in [0.5, 0.6) is 0 Å². The molecule has 19 heavy (non-hydrogen) atoms. The Kier molecular flexibility index (Phi) is 5.70. The van der Waals surface area contributed by atoms with Gasteiger partial charge in [-0.1, -0.05) is 46.0 Å². The summed E-state index contributed by atoms with van der Waals surface area (Å²) in [5.41, 5.74) is 0.197. The number of aliphatic hydroxyl groups excluding tert-OH is 1. The fourth-order valence-corrected chi connectivity index (χ4v) is 4.07. The molecule has 0 saturated heterocycles. The van der Waals surface area contributed by atoms with Gasteiger partial charge in [0.2, 0.25) is 0 Å². The molecule has 2 atom stereocenters. The molecule has 0 aliphatic heterocycles. The first-order valence-electron chi connectivity index (χ1n) is 8.49. The van der Waals surface area contributed by atoms with Crippen LogP contribution in [0.3, 0.4) is 0 Å². The smallest absolute Gasteiger partial charge is 0.0499 e. The molecule has 0 bridgehead atoms. The molecule has 2 aliphatic rings. The van der Waals surface area contributed by atoms with E-state index in [2.05, 4.69) is 19.2 Å². The number of nitrogens with one attached hydrogen (secondary N) is 1. The van der Waals surface area contributed by atoms with Gasteiger partial charge in [0.25, 0.3) is 0 Å². The van der Waals surface area contributed by atoms with Crippen LogP contribution in [0.4, 0.5) is 0 Å². The molecule has 0 radical (unpaired) electrons. The fourth-order valence-electron chi connectivity index (χ4n) is 4.07. The first-order chi connectivity index (χ1) is 9.15. The molecule has 0 spiro atoms. The molecular formula is C17H33NO. The molecule has 0 aromatic heterocycles. The molecule has 0 aromatic rings. The SMILES string of the molecule is CC(C)C1CCCC(NCC2(CO)CCCCC2)C1. The average molecular weight is 267 g/mol. The second-order valence-electron chi connectivity index (χ2n) is 7.47. The highest BCUT2D eigenvalue weighted by Gasteiger charge is 2.32. The van der Waals surface area contributed by atoms with Gasteiger partial charge in [-0.25, -0.2) is 0 Å². The third kappa shape index (κ3) is 4.19. The molecule has 0 heterocycles. The van der Waals surface area contributed by atoms with Crippen LogP contribution in [0.25, 0.3) is 0 Å². The predicted molar refractivity (Wildman–Crippen MR) is 81.2 cm³/mol. The first kappa shape index (κ1) is 15.3. The van der Waals surface area contributed by atoms with E-state index in [1.807, 2.05) is 0 Å². The van der Waals surface area contributed by atoms with Crippen molar-refractivity contribution in [1.82, 2.24) is 5.32 Å². The van der Waals surface area contributed by atoms with E-state index in [1.165, 1.54) is 57.8 Å². The number of rotatable bonds is 5. The molecule has 2 rings (SSSR count). The zero-order valence-electron chi connectivity index (χ0n) is 13.0. The molecule has 2 N–H and O–H groups in total. The second kappa shape index (κ2) is 7.08. The predicted octanol–water partition coefficient (Wildman–Crippen LogP) is 3.73. The highest BCUT2D eigenvalue weighted by Crippen LogP contribution is 2.36. The summed E-state index contributed by atoms with van der Waals surface area (Å²) < 4.78 is 0. The minimum absolute atomic E-state index is 0.197. The average Bonchev–Trinajstić information content (AvgIpc) is 2.46. The van der Waals surface area contributed by atoms with Crippen LogP contribution in [-0.2, 0) is 0 Å². The molecule has 0 amide bonds. The van der Waals surface area contributed by atoms with Gasteiger partial charge in [0, 0.05) is 24.6 Å². The highest BCUT2D eigenvalue weighted by atomic mass is 16.3. The maximum absolute atomic E-state index is 9.77. The van der Waals surface area contributed by atoms with Crippen molar-refractivity contribution in [2.45, 2.75) is 77.7 Å². The fraction of sp³-hybridized carbons (Fsp3) is 1.00. The molecule has 2 saturated carbocycles. The Morgan fingerprint density at radius 3 is 2.47 bits per heavy atom. The van der Waals surface area contributed by atoms with Crippen molar-refractivity contribution in [1.29, 1.82) is 0 Å². The Morgan fingerprint density at radius 1 is 1.11 bits per heavy atom. The van der Waals surface area contributed by atoms with Gasteiger partial charge in [0.15, 0.2) is 0 Å². The lowest BCUT2D eigenvalue weighted by molar-refractivity contribution is 0.0742. The topological polar surface area (TPSA) is 32.3 Å². The summed E-state index contributed by atoms with van der Waals surface area (Å²) in [7, 11) is 0. The summed E-state index contributed by atoms with van der Waals surface area (Å²) in [6, 6.07) is 0.700. The van der Waals surface area contributed by atoms with Crippen LogP contribution >= 0.6 is 0 Å². The van der Waals surface area contributed by atoms with Crippen molar-refractivity contribution < 1.29 is 5.11 Å². The van der Waals surface area contributed by atoms with E-state index < -0.39 is 0 Å². The number of hydrogen-bond donors (Lipinski definition) is 2. The first-order valence-corrected chi connectivity index (χ1v) is 8.49. The van der Waals surface area contributed by atoms with Crippen molar-refractivity contribution in [3.8, 4) is 0 Å². The molecule has 2 fully saturated rings. The molecular weight excluding hydrogens is 234 g/mol. The molecule has 2 aliphatic carbocycles. The van der Waals surface area contributed by atoms with Gasteiger partial charge in [-0.15, -0.1) is 0 Å². The van der Waals surface area contributed by atoms with Crippen molar-refractivity contribution >= 4 is 0 Å². The van der Waals surface area contributed by atoms with Crippen molar-refractivity contribution in [3.05, 3.63) is 0 Å². The van der Waals surface area contributed by atoms with Gasteiger partial charge in [0.05, 0.1) is 0 Å². The zero-order chi connectivity index (χ0) is 13.7. The van der Waals surface area contributed by atoms with E-state index in [1.54, 1.807) is 0 Å².